The van der Waals surface area contributed by atoms with Gasteiger partial charge in [-0.3, -0.25) is 14.4 Å². The Morgan fingerprint density at radius 1 is 0.342 bits per heavy atom. The van der Waals surface area contributed by atoms with Crippen molar-refractivity contribution < 1.29 is 153 Å². The van der Waals surface area contributed by atoms with Crippen LogP contribution in [0.15, 0.2) is 0 Å². The fourth-order valence-corrected chi connectivity index (χ4v) is 9.62. The van der Waals surface area contributed by atoms with Crippen LogP contribution in [0.25, 0.3) is 0 Å². The Kier molecular flexibility index (Phi) is 22.3. The summed E-state index contributed by atoms with van der Waals surface area (Å²) in [6, 6.07) is -5.16. The number of nitrogens with one attached hydrogen (secondary N) is 3. The van der Waals surface area contributed by atoms with Crippen molar-refractivity contribution in [2.75, 3.05) is 39.6 Å². The zero-order valence-corrected chi connectivity index (χ0v) is 40.9. The summed E-state index contributed by atoms with van der Waals surface area (Å²) in [4.78, 5) is 37.6. The lowest BCUT2D eigenvalue weighted by Crippen LogP contribution is -2.70. The molecule has 0 spiro atoms. The predicted octanol–water partition coefficient (Wildman–Crippen LogP) is -13.7. The number of hydrogen-bond donors (Lipinski definition) is 20. The molecular formula is C42H71N3O31. The monoisotopic (exact) mass is 1110 g/mol. The lowest BCUT2D eigenvalue weighted by Gasteiger charge is -2.50. The highest BCUT2D eigenvalue weighted by Gasteiger charge is 2.58. The van der Waals surface area contributed by atoms with Crippen molar-refractivity contribution in [3.8, 4) is 0 Å². The fraction of sp³-hybridized carbons (Fsp3) is 0.929. The van der Waals surface area contributed by atoms with Gasteiger partial charge in [0.05, 0.1) is 39.6 Å². The maximum Gasteiger partial charge on any atom is 0.217 e. The van der Waals surface area contributed by atoms with Gasteiger partial charge in [-0.15, -0.1) is 0 Å². The third-order valence-electron chi connectivity index (χ3n) is 13.6. The molecule has 6 aliphatic rings. The largest absolute Gasteiger partial charge is 0.394 e. The Bertz CT molecular complexity index is 1870. The van der Waals surface area contributed by atoms with Crippen LogP contribution in [0, 0.1) is 0 Å². The third kappa shape index (κ3) is 13.7. The standard InChI is InChI=1S/C42H71N3O31/c1-10(51)43-19-27(59)33(73-40-30(62)28(60)22(54)13(4-46)69-40)17(8-50)71-38(19)66-9-18-26(58)36(32(64)42(72-18)74-34-20(44-11(2)52)37(65)67-15(6-48)24(34)56)76-39-21(45-12(3)53)35(25(57)16(7-49)68-39)75-41-31(63)29(61)23(55)14(5-47)70-41/h13-42,46-50,54-65H,4-9H2,1-3H3,(H,43,51)(H,44,52)(H,45,53)/t13-,14-,15-,16-,17-,18-,19-,20-,21-,22+,23+,24+,25-,26+,27-,28+,29+,30-,31-,32-,33-,34-,35-,36+,37+,38-,39+,40+,41+,42+/m1/s1. The molecule has 0 bridgehead atoms. The smallest absolute Gasteiger partial charge is 0.217 e. The van der Waals surface area contributed by atoms with Gasteiger partial charge in [0.1, 0.15) is 146 Å². The molecule has 76 heavy (non-hydrogen) atoms. The molecule has 0 aromatic rings. The zero-order valence-electron chi connectivity index (χ0n) is 40.9. The lowest BCUT2D eigenvalue weighted by atomic mass is 9.94. The molecule has 6 heterocycles. The fourth-order valence-electron chi connectivity index (χ4n) is 9.62. The van der Waals surface area contributed by atoms with E-state index in [-0.39, 0.29) is 0 Å². The predicted molar refractivity (Wildman–Crippen MR) is 234 cm³/mol. The van der Waals surface area contributed by atoms with E-state index in [0.29, 0.717) is 0 Å². The van der Waals surface area contributed by atoms with E-state index < -0.39 is 241 Å². The Labute approximate surface area is 431 Å². The molecule has 0 radical (unpaired) electrons. The van der Waals surface area contributed by atoms with Gasteiger partial charge in [-0.25, -0.2) is 0 Å². The van der Waals surface area contributed by atoms with Gasteiger partial charge in [0.15, 0.2) is 37.7 Å². The normalized spacial score (nSPS) is 48.2. The Hall–Kier alpha value is -2.71. The second-order valence-electron chi connectivity index (χ2n) is 19.0. The van der Waals surface area contributed by atoms with E-state index in [9.17, 15) is 101 Å². The number of ether oxygens (including phenoxy) is 11. The van der Waals surface area contributed by atoms with Gasteiger partial charge in [-0.2, -0.15) is 0 Å². The van der Waals surface area contributed by atoms with E-state index in [1.165, 1.54) is 0 Å². The maximum absolute atomic E-state index is 12.8. The summed E-state index contributed by atoms with van der Waals surface area (Å²) in [5, 5.41) is 190. The number of carbonyl (C=O) groups is 3. The van der Waals surface area contributed by atoms with Gasteiger partial charge in [-0.1, -0.05) is 0 Å². The van der Waals surface area contributed by atoms with Crippen LogP contribution in [0.4, 0.5) is 0 Å². The minimum Gasteiger partial charge on any atom is -0.394 e. The molecule has 6 rings (SSSR count). The first kappa shape index (κ1) is 62.5. The molecule has 30 atom stereocenters. The molecule has 0 aromatic carbocycles. The topological polar surface area (TPSA) is 533 Å². The van der Waals surface area contributed by atoms with Crippen molar-refractivity contribution >= 4 is 17.7 Å². The summed E-state index contributed by atoms with van der Waals surface area (Å²) in [6.07, 6.45) is -51.4. The first-order valence-electron chi connectivity index (χ1n) is 24.1. The first-order chi connectivity index (χ1) is 35.9. The molecule has 0 aromatic heterocycles. The molecule has 3 amide bonds. The van der Waals surface area contributed by atoms with E-state index in [1.54, 1.807) is 0 Å². The molecule has 0 saturated carbocycles. The van der Waals surface area contributed by atoms with E-state index in [2.05, 4.69) is 16.0 Å². The second-order valence-corrected chi connectivity index (χ2v) is 19.0. The highest BCUT2D eigenvalue weighted by atomic mass is 16.8. The molecule has 34 nitrogen and oxygen atoms in total. The minimum absolute atomic E-state index is 0.797. The Balaban J connectivity index is 1.33. The molecule has 0 aliphatic carbocycles. The first-order valence-corrected chi connectivity index (χ1v) is 24.1. The van der Waals surface area contributed by atoms with E-state index in [4.69, 9.17) is 52.1 Å². The van der Waals surface area contributed by atoms with Crippen molar-refractivity contribution in [2.45, 2.75) is 205 Å². The number of aliphatic hydroxyl groups excluding tert-OH is 17. The molecule has 6 aliphatic heterocycles. The van der Waals surface area contributed by atoms with E-state index in [1.807, 2.05) is 0 Å². The van der Waals surface area contributed by atoms with Crippen LogP contribution < -0.4 is 16.0 Å². The SMILES string of the molecule is CC(=O)N[C@@H]1[C@@H](O[C@@H]2O[C@H](CO[C@@H]3O[C@H](CO)[C@@H](O[C@@H]4O[C@H](CO)[C@H](O)[C@H](O)[C@H]4O)[C@H](O)[C@H]3NC(C)=O)[C@H](O)[C@H](O[C@@H]3O[C@H](CO)[C@@H](O)[C@H](O[C@@H]4O[C@H](CO)[C@H](O)[C@H](O)[C@H]4O)[C@H]3NC(C)=O)[C@H]2O)[C@@H](O)[C@@H](CO)O[C@@H]1O. The van der Waals surface area contributed by atoms with Gasteiger partial charge in [0, 0.05) is 20.8 Å². The molecule has 34 heteroatoms. The molecule has 0 unspecified atom stereocenters. The van der Waals surface area contributed by atoms with Crippen molar-refractivity contribution in [1.29, 1.82) is 0 Å². The van der Waals surface area contributed by atoms with Crippen LogP contribution >= 0.6 is 0 Å². The highest BCUT2D eigenvalue weighted by Crippen LogP contribution is 2.36. The van der Waals surface area contributed by atoms with Gasteiger partial charge in [0.25, 0.3) is 0 Å². The van der Waals surface area contributed by atoms with Crippen molar-refractivity contribution in [3.63, 3.8) is 0 Å². The molecule has 440 valence electrons. The van der Waals surface area contributed by atoms with Crippen molar-refractivity contribution in [1.82, 2.24) is 16.0 Å². The van der Waals surface area contributed by atoms with Crippen molar-refractivity contribution in [2.24, 2.45) is 0 Å². The quantitative estimate of drug-likeness (QED) is 0.0571. The van der Waals surface area contributed by atoms with Gasteiger partial charge < -0.3 is 155 Å². The minimum atomic E-state index is -2.30. The maximum atomic E-state index is 12.8. The van der Waals surface area contributed by atoms with E-state index in [0.717, 1.165) is 20.8 Å². The summed E-state index contributed by atoms with van der Waals surface area (Å²) < 4.78 is 63.5. The van der Waals surface area contributed by atoms with Crippen LogP contribution in [0.2, 0.25) is 0 Å². The summed E-state index contributed by atoms with van der Waals surface area (Å²) in [7, 11) is 0. The van der Waals surface area contributed by atoms with Crippen LogP contribution in [0.5, 0.6) is 0 Å². The summed E-state index contributed by atoms with van der Waals surface area (Å²) in [5.74, 6) is -2.49. The molecule has 20 N–H and O–H groups in total. The summed E-state index contributed by atoms with van der Waals surface area (Å²) in [5.41, 5.74) is 0. The van der Waals surface area contributed by atoms with Gasteiger partial charge in [0.2, 0.25) is 17.7 Å². The van der Waals surface area contributed by atoms with Crippen molar-refractivity contribution in [3.05, 3.63) is 0 Å². The number of carbonyl (C=O) groups excluding carboxylic acids is 3. The number of aliphatic hydroxyl groups is 17. The van der Waals surface area contributed by atoms with Crippen LogP contribution in [0.3, 0.4) is 0 Å². The average Bonchev–Trinajstić information content (AvgIpc) is 3.37. The Morgan fingerprint density at radius 2 is 0.697 bits per heavy atom. The number of rotatable bonds is 19. The lowest BCUT2D eigenvalue weighted by molar-refractivity contribution is -0.379. The Morgan fingerprint density at radius 3 is 1.18 bits per heavy atom. The van der Waals surface area contributed by atoms with Crippen LogP contribution in [-0.4, -0.2) is 328 Å². The van der Waals surface area contributed by atoms with Crippen LogP contribution in [0.1, 0.15) is 20.8 Å². The van der Waals surface area contributed by atoms with Crippen LogP contribution in [-0.2, 0) is 66.5 Å². The summed E-state index contributed by atoms with van der Waals surface area (Å²) >= 11 is 0. The highest BCUT2D eigenvalue weighted by molar-refractivity contribution is 5.74. The molecule has 6 fully saturated rings. The zero-order chi connectivity index (χ0) is 56.2. The average molecular weight is 1110 g/mol. The van der Waals surface area contributed by atoms with E-state index >= 15 is 0 Å². The number of amides is 3. The second kappa shape index (κ2) is 27.2. The van der Waals surface area contributed by atoms with Gasteiger partial charge >= 0.3 is 0 Å². The molecule has 6 saturated heterocycles. The third-order valence-corrected chi connectivity index (χ3v) is 13.6. The molecular weight excluding hydrogens is 1040 g/mol. The summed E-state index contributed by atoms with van der Waals surface area (Å²) in [6.45, 7) is -2.64. The van der Waals surface area contributed by atoms with Gasteiger partial charge in [-0.05, 0) is 0 Å². The number of hydrogen-bond acceptors (Lipinski definition) is 31.